The van der Waals surface area contributed by atoms with Crippen LogP contribution in [-0.4, -0.2) is 26.8 Å². The van der Waals surface area contributed by atoms with Gasteiger partial charge in [-0.1, -0.05) is 18.2 Å². The number of hydrogen-bond donors (Lipinski definition) is 2. The highest BCUT2D eigenvalue weighted by Crippen LogP contribution is 2.32. The number of ether oxygens (including phenoxy) is 1. The van der Waals surface area contributed by atoms with Crippen molar-refractivity contribution in [2.45, 2.75) is 30.7 Å². The second-order valence-electron chi connectivity index (χ2n) is 8.89. The normalized spacial score (nSPS) is 15.7. The Morgan fingerprint density at radius 2 is 1.86 bits per heavy atom. The molecule has 0 aromatic heterocycles. The number of ketones is 1. The van der Waals surface area contributed by atoms with E-state index in [4.69, 9.17) is 4.74 Å². The van der Waals surface area contributed by atoms with Gasteiger partial charge in [-0.05, 0) is 68.3 Å². The van der Waals surface area contributed by atoms with E-state index in [0.29, 0.717) is 17.5 Å². The zero-order valence-corrected chi connectivity index (χ0v) is 20.2. The first-order valence-corrected chi connectivity index (χ1v) is 12.3. The molecule has 35 heavy (non-hydrogen) atoms. The van der Waals surface area contributed by atoms with Gasteiger partial charge in [0.15, 0.2) is 5.78 Å². The maximum atomic E-state index is 14.0. The van der Waals surface area contributed by atoms with Crippen molar-refractivity contribution < 1.29 is 26.7 Å². The van der Waals surface area contributed by atoms with Crippen molar-refractivity contribution in [3.05, 3.63) is 95.1 Å². The maximum Gasteiger partial charge on any atom is 0.264 e. The number of nitrogens with one attached hydrogen (secondary N) is 2. The van der Waals surface area contributed by atoms with Crippen LogP contribution in [0.5, 0.6) is 5.75 Å². The molecule has 0 saturated carbocycles. The number of fused-ring (bicyclic) bond motifs is 1. The third kappa shape index (κ3) is 5.35. The van der Waals surface area contributed by atoms with E-state index in [1.54, 1.807) is 13.2 Å². The Hall–Kier alpha value is -3.72. The lowest BCUT2D eigenvalue weighted by Gasteiger charge is -2.35. The Morgan fingerprint density at radius 1 is 1.09 bits per heavy atom. The van der Waals surface area contributed by atoms with Crippen LogP contribution in [0.15, 0.2) is 71.6 Å². The summed E-state index contributed by atoms with van der Waals surface area (Å²) in [5, 5.41) is 3.38. The molecule has 1 aliphatic heterocycles. The van der Waals surface area contributed by atoms with Crippen molar-refractivity contribution in [3.63, 3.8) is 0 Å². The Morgan fingerprint density at radius 3 is 2.60 bits per heavy atom. The average Bonchev–Trinajstić information content (AvgIpc) is 2.79. The summed E-state index contributed by atoms with van der Waals surface area (Å²) in [4.78, 5) is 12.3. The van der Waals surface area contributed by atoms with Crippen LogP contribution in [0.3, 0.4) is 0 Å². The molecule has 4 rings (SSSR count). The minimum absolute atomic E-state index is 0.0388. The van der Waals surface area contributed by atoms with Crippen LogP contribution in [0.2, 0.25) is 0 Å². The molecule has 1 aliphatic rings. The van der Waals surface area contributed by atoms with E-state index >= 15 is 0 Å². The molecule has 6 nitrogen and oxygen atoms in total. The zero-order valence-electron chi connectivity index (χ0n) is 19.4. The smallest absolute Gasteiger partial charge is 0.264 e. The first-order valence-electron chi connectivity index (χ1n) is 10.8. The average molecular weight is 499 g/mol. The molecular weight excluding hydrogens is 474 g/mol. The number of allylic oxidation sites excluding steroid dienone is 1. The molecule has 0 radical (unpaired) electrons. The van der Waals surface area contributed by atoms with Crippen molar-refractivity contribution in [3.8, 4) is 5.75 Å². The van der Waals surface area contributed by atoms with E-state index in [-0.39, 0.29) is 22.6 Å². The maximum absolute atomic E-state index is 14.0. The molecule has 3 aromatic carbocycles. The molecule has 1 heterocycles. The van der Waals surface area contributed by atoms with Crippen LogP contribution in [0, 0.1) is 11.6 Å². The summed E-state index contributed by atoms with van der Waals surface area (Å²) in [7, 11) is -2.85. The van der Waals surface area contributed by atoms with Gasteiger partial charge >= 0.3 is 0 Å². The third-order valence-electron chi connectivity index (χ3n) is 5.57. The third-order valence-corrected chi connectivity index (χ3v) is 6.97. The molecule has 0 fully saturated rings. The monoisotopic (exact) mass is 498 g/mol. The first-order chi connectivity index (χ1) is 16.5. The Balaban J connectivity index is 1.65. The van der Waals surface area contributed by atoms with Crippen molar-refractivity contribution in [2.75, 3.05) is 11.8 Å². The predicted molar refractivity (Wildman–Crippen MR) is 130 cm³/mol. The molecule has 9 heteroatoms. The Kier molecular flexibility index (Phi) is 6.38. The second kappa shape index (κ2) is 9.14. The molecular formula is C26H24F2N2O4S. The highest BCUT2D eigenvalue weighted by atomic mass is 32.2. The lowest BCUT2D eigenvalue weighted by Crippen LogP contribution is -2.43. The SMILES string of the molecule is COc1ccc2c(c1)/C(=C/C(=O)c1cccc(NS(=O)(=O)c3cc(F)ccc3F)c1)NC(C)(C)C2. The van der Waals surface area contributed by atoms with E-state index in [1.165, 1.54) is 24.3 Å². The summed E-state index contributed by atoms with van der Waals surface area (Å²) in [5.74, 6) is -1.68. The van der Waals surface area contributed by atoms with Crippen LogP contribution >= 0.6 is 0 Å². The number of hydrogen-bond acceptors (Lipinski definition) is 5. The quantitative estimate of drug-likeness (QED) is 0.372. The molecule has 182 valence electrons. The van der Waals surface area contributed by atoms with E-state index in [2.05, 4.69) is 10.0 Å². The van der Waals surface area contributed by atoms with Gasteiger partial charge in [-0.3, -0.25) is 9.52 Å². The minimum atomic E-state index is -4.42. The van der Waals surface area contributed by atoms with Gasteiger partial charge in [-0.2, -0.15) is 0 Å². The van der Waals surface area contributed by atoms with Crippen molar-refractivity contribution in [1.29, 1.82) is 0 Å². The Labute approximate surface area is 202 Å². The molecule has 0 amide bonds. The predicted octanol–water partition coefficient (Wildman–Crippen LogP) is 4.92. The Bertz CT molecular complexity index is 1450. The summed E-state index contributed by atoms with van der Waals surface area (Å²) in [5.41, 5.74) is 2.49. The van der Waals surface area contributed by atoms with Crippen LogP contribution in [0.4, 0.5) is 14.5 Å². The molecule has 3 aromatic rings. The number of anilines is 1. The molecule has 0 aliphatic carbocycles. The summed E-state index contributed by atoms with van der Waals surface area (Å²) in [6.45, 7) is 4.05. The number of rotatable bonds is 6. The number of methoxy groups -OCH3 is 1. The number of carbonyl (C=O) groups is 1. The molecule has 0 bridgehead atoms. The summed E-state index contributed by atoms with van der Waals surface area (Å²) < 4.78 is 60.2. The lowest BCUT2D eigenvalue weighted by atomic mass is 9.85. The van der Waals surface area contributed by atoms with Crippen LogP contribution < -0.4 is 14.8 Å². The largest absolute Gasteiger partial charge is 0.497 e. The van der Waals surface area contributed by atoms with Crippen LogP contribution in [0.25, 0.3) is 5.70 Å². The van der Waals surface area contributed by atoms with Crippen molar-refractivity contribution in [2.24, 2.45) is 0 Å². The zero-order chi connectivity index (χ0) is 25.4. The highest BCUT2D eigenvalue weighted by Gasteiger charge is 2.28. The first kappa shape index (κ1) is 24.4. The van der Waals surface area contributed by atoms with Crippen molar-refractivity contribution >= 4 is 27.2 Å². The van der Waals surface area contributed by atoms with E-state index < -0.39 is 26.6 Å². The lowest BCUT2D eigenvalue weighted by molar-refractivity contribution is 0.104. The van der Waals surface area contributed by atoms with Gasteiger partial charge in [-0.25, -0.2) is 17.2 Å². The summed E-state index contributed by atoms with van der Waals surface area (Å²) in [6.07, 6.45) is 2.21. The molecule has 2 N–H and O–H groups in total. The topological polar surface area (TPSA) is 84.5 Å². The van der Waals surface area contributed by atoms with E-state index in [9.17, 15) is 22.0 Å². The fourth-order valence-electron chi connectivity index (χ4n) is 4.00. The van der Waals surface area contributed by atoms with Gasteiger partial charge in [-0.15, -0.1) is 0 Å². The number of sulfonamides is 1. The van der Waals surface area contributed by atoms with Gasteiger partial charge in [0, 0.05) is 34.1 Å². The van der Waals surface area contributed by atoms with Gasteiger partial charge in [0.1, 0.15) is 22.3 Å². The number of halogens is 2. The minimum Gasteiger partial charge on any atom is -0.497 e. The molecule has 0 spiro atoms. The summed E-state index contributed by atoms with van der Waals surface area (Å²) in [6, 6.07) is 13.7. The van der Waals surface area contributed by atoms with Gasteiger partial charge in [0.25, 0.3) is 10.0 Å². The van der Waals surface area contributed by atoms with Gasteiger partial charge < -0.3 is 10.1 Å². The fourth-order valence-corrected chi connectivity index (χ4v) is 5.14. The van der Waals surface area contributed by atoms with Gasteiger partial charge in [0.2, 0.25) is 0 Å². The molecule has 0 atom stereocenters. The fraction of sp³-hybridized carbons (Fsp3) is 0.192. The van der Waals surface area contributed by atoms with E-state index in [1.807, 2.05) is 32.0 Å². The molecule has 0 unspecified atom stereocenters. The van der Waals surface area contributed by atoms with Crippen molar-refractivity contribution in [1.82, 2.24) is 5.32 Å². The van der Waals surface area contributed by atoms with Crippen LogP contribution in [0.1, 0.15) is 35.3 Å². The standard InChI is InChI=1S/C26H24F2N2O4S/c1-26(2)15-17-7-9-20(34-3)13-21(17)23(29-26)14-24(31)16-5-4-6-19(11-16)30-35(32,33)25-12-18(27)8-10-22(25)28/h4-14,29-30H,15H2,1-3H3/b23-14-. The van der Waals surface area contributed by atoms with Crippen LogP contribution in [-0.2, 0) is 16.4 Å². The number of carbonyl (C=O) groups excluding carboxylic acids is 1. The summed E-state index contributed by atoms with van der Waals surface area (Å²) >= 11 is 0. The second-order valence-corrected chi connectivity index (χ2v) is 10.5. The number of benzene rings is 3. The highest BCUT2D eigenvalue weighted by molar-refractivity contribution is 7.92. The van der Waals surface area contributed by atoms with E-state index in [0.717, 1.165) is 29.7 Å². The van der Waals surface area contributed by atoms with Gasteiger partial charge in [0.05, 0.1) is 7.11 Å². The molecule has 0 saturated heterocycles.